The second-order valence-electron chi connectivity index (χ2n) is 3.07. The van der Waals surface area contributed by atoms with Gasteiger partial charge in [-0.3, -0.25) is 4.79 Å². The van der Waals surface area contributed by atoms with E-state index in [-0.39, 0.29) is 6.07 Å². The van der Waals surface area contributed by atoms with Crippen molar-refractivity contribution in [3.8, 4) is 5.75 Å². The molecule has 0 saturated carbocycles. The molecule has 0 bridgehead atoms. The number of carbonyl (C=O) groups excluding carboxylic acids is 1. The van der Waals surface area contributed by atoms with E-state index in [2.05, 4.69) is 4.74 Å². The molecule has 0 atom stereocenters. The quantitative estimate of drug-likeness (QED) is 0.609. The van der Waals surface area contributed by atoms with Gasteiger partial charge in [-0.05, 0) is 29.8 Å². The minimum absolute atomic E-state index is 0.122. The highest BCUT2D eigenvalue weighted by molar-refractivity contribution is 6.67. The summed E-state index contributed by atoms with van der Waals surface area (Å²) in [5.41, 5.74) is -2.21. The Morgan fingerprint density at radius 3 is 2.00 bits per heavy atom. The molecule has 2 nitrogen and oxygen atoms in total. The van der Waals surface area contributed by atoms with E-state index in [9.17, 15) is 31.1 Å². The third-order valence-electron chi connectivity index (χ3n) is 1.69. The maximum absolute atomic E-state index is 12.4. The van der Waals surface area contributed by atoms with Gasteiger partial charge in [0.15, 0.2) is 0 Å². The van der Waals surface area contributed by atoms with Gasteiger partial charge in [0.05, 0.1) is 5.56 Å². The minimum atomic E-state index is -5.17. The maximum Gasteiger partial charge on any atom is 0.573 e. The van der Waals surface area contributed by atoms with Crippen molar-refractivity contribution in [2.24, 2.45) is 0 Å². The Kier molecular flexibility index (Phi) is 3.80. The number of ether oxygens (including phenoxy) is 1. The summed E-state index contributed by atoms with van der Waals surface area (Å²) in [6, 6.07) is 0.924. The van der Waals surface area contributed by atoms with Crippen molar-refractivity contribution in [3.05, 3.63) is 29.3 Å². The number of carbonyl (C=O) groups is 1. The second kappa shape index (κ2) is 4.68. The minimum Gasteiger partial charge on any atom is -0.406 e. The van der Waals surface area contributed by atoms with Gasteiger partial charge in [0, 0.05) is 5.56 Å². The summed E-state index contributed by atoms with van der Waals surface area (Å²) in [7, 11) is 0. The predicted octanol–water partition coefficient (Wildman–Crippen LogP) is 3.98. The second-order valence-corrected chi connectivity index (χ2v) is 3.41. The van der Waals surface area contributed by atoms with Crippen LogP contribution in [0.15, 0.2) is 18.2 Å². The fraction of sp³-hybridized carbons (Fsp3) is 0.222. The standard InChI is InChI=1S/C9H3ClF6O2/c10-7(17)4-1-5(8(11,12)13)3-6(2-4)18-9(14,15)16/h1-3H. The molecule has 0 saturated heterocycles. The van der Waals surface area contributed by atoms with E-state index in [0.29, 0.717) is 12.1 Å². The topological polar surface area (TPSA) is 26.3 Å². The molecule has 0 spiro atoms. The summed E-state index contributed by atoms with van der Waals surface area (Å²) in [5.74, 6) is -1.17. The molecule has 0 aliphatic carbocycles. The van der Waals surface area contributed by atoms with E-state index in [4.69, 9.17) is 11.6 Å². The Morgan fingerprint density at radius 2 is 1.61 bits per heavy atom. The van der Waals surface area contributed by atoms with Crippen LogP contribution < -0.4 is 4.74 Å². The number of halogens is 7. The average Bonchev–Trinajstić information content (AvgIpc) is 2.12. The van der Waals surface area contributed by atoms with Crippen molar-refractivity contribution in [1.29, 1.82) is 0 Å². The van der Waals surface area contributed by atoms with Crippen LogP contribution in [0.1, 0.15) is 15.9 Å². The highest BCUT2D eigenvalue weighted by atomic mass is 35.5. The monoisotopic (exact) mass is 292 g/mol. The zero-order valence-electron chi connectivity index (χ0n) is 8.19. The van der Waals surface area contributed by atoms with Crippen LogP contribution in [0.5, 0.6) is 5.75 Å². The van der Waals surface area contributed by atoms with E-state index >= 15 is 0 Å². The molecule has 18 heavy (non-hydrogen) atoms. The van der Waals surface area contributed by atoms with Gasteiger partial charge in [0.2, 0.25) is 0 Å². The third kappa shape index (κ3) is 4.10. The predicted molar refractivity (Wildman–Crippen MR) is 48.3 cm³/mol. The van der Waals surface area contributed by atoms with Crippen molar-refractivity contribution >= 4 is 16.8 Å². The van der Waals surface area contributed by atoms with E-state index < -0.39 is 34.7 Å². The molecule has 100 valence electrons. The lowest BCUT2D eigenvalue weighted by molar-refractivity contribution is -0.274. The van der Waals surface area contributed by atoms with Gasteiger partial charge in [-0.1, -0.05) is 0 Å². The van der Waals surface area contributed by atoms with Crippen LogP contribution in [0, 0.1) is 0 Å². The Hall–Kier alpha value is -1.44. The first-order chi connectivity index (χ1) is 7.99. The van der Waals surface area contributed by atoms with Crippen molar-refractivity contribution in [2.75, 3.05) is 0 Å². The van der Waals surface area contributed by atoms with Crippen LogP contribution in [-0.2, 0) is 6.18 Å². The average molecular weight is 293 g/mol. The van der Waals surface area contributed by atoms with Crippen LogP contribution in [0.25, 0.3) is 0 Å². The molecule has 0 radical (unpaired) electrons. The summed E-state index contributed by atoms with van der Waals surface area (Å²) in [4.78, 5) is 10.7. The third-order valence-corrected chi connectivity index (χ3v) is 1.91. The first-order valence-electron chi connectivity index (χ1n) is 4.17. The lowest BCUT2D eigenvalue weighted by Crippen LogP contribution is -2.18. The molecule has 0 aliphatic rings. The Balaban J connectivity index is 3.27. The molecular weight excluding hydrogens is 290 g/mol. The molecule has 1 aromatic rings. The Bertz CT molecular complexity index is 465. The molecule has 0 aromatic heterocycles. The zero-order chi connectivity index (χ0) is 14.1. The Morgan fingerprint density at radius 1 is 1.06 bits per heavy atom. The van der Waals surface area contributed by atoms with E-state index in [1.54, 1.807) is 0 Å². The number of alkyl halides is 6. The van der Waals surface area contributed by atoms with Crippen LogP contribution in [0.3, 0.4) is 0 Å². The SMILES string of the molecule is O=C(Cl)c1cc(OC(F)(F)F)cc(C(F)(F)F)c1. The molecule has 1 aromatic carbocycles. The van der Waals surface area contributed by atoms with Gasteiger partial charge in [0.1, 0.15) is 5.75 Å². The van der Waals surface area contributed by atoms with Crippen molar-refractivity contribution in [1.82, 2.24) is 0 Å². The van der Waals surface area contributed by atoms with Crippen LogP contribution in [0.2, 0.25) is 0 Å². The molecule has 1 rings (SSSR count). The summed E-state index contributed by atoms with van der Waals surface area (Å²) < 4.78 is 76.0. The van der Waals surface area contributed by atoms with Gasteiger partial charge in [-0.25, -0.2) is 0 Å². The molecule has 0 heterocycles. The normalized spacial score (nSPS) is 12.4. The lowest BCUT2D eigenvalue weighted by Gasteiger charge is -2.13. The first kappa shape index (κ1) is 14.6. The zero-order valence-corrected chi connectivity index (χ0v) is 8.95. The summed E-state index contributed by atoms with van der Waals surface area (Å²) >= 11 is 4.93. The van der Waals surface area contributed by atoms with Gasteiger partial charge >= 0.3 is 12.5 Å². The van der Waals surface area contributed by atoms with Gasteiger partial charge in [0.25, 0.3) is 5.24 Å². The smallest absolute Gasteiger partial charge is 0.406 e. The van der Waals surface area contributed by atoms with Crippen LogP contribution >= 0.6 is 11.6 Å². The number of hydrogen-bond acceptors (Lipinski definition) is 2. The van der Waals surface area contributed by atoms with E-state index in [0.717, 1.165) is 0 Å². The molecular formula is C9H3ClF6O2. The Labute approximate surface area is 101 Å². The van der Waals surface area contributed by atoms with E-state index in [1.165, 1.54) is 0 Å². The fourth-order valence-corrected chi connectivity index (χ4v) is 1.18. The molecule has 0 unspecified atom stereocenters. The van der Waals surface area contributed by atoms with Crippen LogP contribution in [0.4, 0.5) is 26.3 Å². The van der Waals surface area contributed by atoms with E-state index in [1.807, 2.05) is 0 Å². The van der Waals surface area contributed by atoms with Crippen molar-refractivity contribution in [2.45, 2.75) is 12.5 Å². The molecule has 0 N–H and O–H groups in total. The van der Waals surface area contributed by atoms with Crippen molar-refractivity contribution < 1.29 is 35.9 Å². The lowest BCUT2D eigenvalue weighted by atomic mass is 10.1. The highest BCUT2D eigenvalue weighted by Crippen LogP contribution is 2.34. The maximum atomic E-state index is 12.4. The summed E-state index contributed by atoms with van der Waals surface area (Å²) in [5, 5.41) is -1.33. The number of rotatable bonds is 2. The fourth-order valence-electron chi connectivity index (χ4n) is 1.07. The van der Waals surface area contributed by atoms with Crippen LogP contribution in [-0.4, -0.2) is 11.6 Å². The van der Waals surface area contributed by atoms with Crippen molar-refractivity contribution in [3.63, 3.8) is 0 Å². The van der Waals surface area contributed by atoms with Gasteiger partial charge in [-0.2, -0.15) is 13.2 Å². The largest absolute Gasteiger partial charge is 0.573 e. The van der Waals surface area contributed by atoms with Gasteiger partial charge in [-0.15, -0.1) is 13.2 Å². The molecule has 9 heteroatoms. The number of hydrogen-bond donors (Lipinski definition) is 0. The highest BCUT2D eigenvalue weighted by Gasteiger charge is 2.35. The number of benzene rings is 1. The van der Waals surface area contributed by atoms with Gasteiger partial charge < -0.3 is 4.74 Å². The summed E-state index contributed by atoms with van der Waals surface area (Å²) in [6.45, 7) is 0. The first-order valence-corrected chi connectivity index (χ1v) is 4.55. The summed E-state index contributed by atoms with van der Waals surface area (Å²) in [6.07, 6.45) is -10.1. The molecule has 0 fully saturated rings. The molecule has 0 aliphatic heterocycles. The molecule has 0 amide bonds.